The van der Waals surface area contributed by atoms with Crippen LogP contribution in [0.25, 0.3) is 33.1 Å². The van der Waals surface area contributed by atoms with Crippen molar-refractivity contribution in [1.82, 2.24) is 0 Å². The molecule has 1 aromatic heterocycles. The van der Waals surface area contributed by atoms with Gasteiger partial charge in [-0.2, -0.15) is 0 Å². The van der Waals surface area contributed by atoms with E-state index >= 15 is 0 Å². The Balaban J connectivity index is 1.34. The first-order chi connectivity index (χ1) is 20.8. The fourth-order valence-corrected chi connectivity index (χ4v) is 4.99. The minimum atomic E-state index is -1.16. The van der Waals surface area contributed by atoms with Crippen LogP contribution in [-0.2, 0) is 17.6 Å². The first-order valence-electron chi connectivity index (χ1n) is 13.9. The van der Waals surface area contributed by atoms with Gasteiger partial charge in [-0.25, -0.2) is 4.79 Å². The maximum Gasteiger partial charge on any atom is 0.335 e. The number of aryl methyl sites for hydroxylation is 2. The van der Waals surface area contributed by atoms with Gasteiger partial charge in [0.2, 0.25) is 5.43 Å². The summed E-state index contributed by atoms with van der Waals surface area (Å²) in [7, 11) is 0. The molecule has 0 aliphatic heterocycles. The highest BCUT2D eigenvalue weighted by Gasteiger charge is 2.18. The molecule has 5 aromatic rings. The van der Waals surface area contributed by atoms with Crippen LogP contribution in [0.15, 0.2) is 82.0 Å². The first kappa shape index (κ1) is 29.2. The molecule has 0 saturated heterocycles. The van der Waals surface area contributed by atoms with Gasteiger partial charge >= 0.3 is 11.9 Å². The number of aromatic carboxylic acids is 1. The molecule has 43 heavy (non-hydrogen) atoms. The summed E-state index contributed by atoms with van der Waals surface area (Å²) in [5, 5.41) is 29.6. The summed E-state index contributed by atoms with van der Waals surface area (Å²) in [5.74, 6) is -1.08. The minimum absolute atomic E-state index is 0.0409. The Kier molecular flexibility index (Phi) is 8.61. The van der Waals surface area contributed by atoms with E-state index in [1.807, 2.05) is 43.3 Å². The molecule has 0 atom stereocenters. The number of benzene rings is 4. The zero-order valence-electron chi connectivity index (χ0n) is 23.5. The van der Waals surface area contributed by atoms with Crippen LogP contribution in [-0.4, -0.2) is 40.5 Å². The number of fused-ring (bicyclic) bond motifs is 2. The van der Waals surface area contributed by atoms with E-state index in [1.165, 1.54) is 24.3 Å². The molecule has 1 heterocycles. The van der Waals surface area contributed by atoms with E-state index < -0.39 is 17.4 Å². The quantitative estimate of drug-likeness (QED) is 0.112. The average molecular weight is 583 g/mol. The van der Waals surface area contributed by atoms with Crippen LogP contribution in [0.1, 0.15) is 41.3 Å². The molecule has 9 heteroatoms. The normalized spacial score (nSPS) is 11.1. The smallest absolute Gasteiger partial charge is 0.335 e. The van der Waals surface area contributed by atoms with E-state index in [-0.39, 0.29) is 52.7 Å². The predicted octanol–water partition coefficient (Wildman–Crippen LogP) is 6.44. The van der Waals surface area contributed by atoms with Gasteiger partial charge in [-0.1, -0.05) is 37.3 Å². The van der Waals surface area contributed by atoms with Crippen molar-refractivity contribution in [3.05, 3.63) is 99.7 Å². The summed E-state index contributed by atoms with van der Waals surface area (Å²) in [4.78, 5) is 36.0. The molecule has 0 aliphatic carbocycles. The Morgan fingerprint density at radius 3 is 2.30 bits per heavy atom. The third kappa shape index (κ3) is 6.30. The molecule has 5 rings (SSSR count). The molecule has 3 N–H and O–H groups in total. The second kappa shape index (κ2) is 12.7. The Hall–Kier alpha value is -5.31. The third-order valence-electron chi connectivity index (χ3n) is 7.18. The molecule has 0 saturated carbocycles. The highest BCUT2D eigenvalue weighted by atomic mass is 16.5. The number of hydrogen-bond acceptors (Lipinski definition) is 7. The summed E-state index contributed by atoms with van der Waals surface area (Å²) in [6, 6.07) is 20.3. The number of rotatable bonds is 12. The Morgan fingerprint density at radius 2 is 1.60 bits per heavy atom. The summed E-state index contributed by atoms with van der Waals surface area (Å²) in [5.41, 5.74) is 3.00. The van der Waals surface area contributed by atoms with Gasteiger partial charge in [0.05, 0.1) is 29.5 Å². The van der Waals surface area contributed by atoms with E-state index in [1.54, 1.807) is 12.1 Å². The Morgan fingerprint density at radius 1 is 0.860 bits per heavy atom. The number of carboxylic acids is 2. The molecule has 220 valence electrons. The highest BCUT2D eigenvalue weighted by molar-refractivity contribution is 5.97. The number of ether oxygens (including phenoxy) is 2. The fraction of sp³-hybridized carbons (Fsp3) is 0.206. The lowest BCUT2D eigenvalue weighted by Crippen LogP contribution is -2.10. The summed E-state index contributed by atoms with van der Waals surface area (Å²) in [6.07, 6.45) is 1.06. The second-order valence-corrected chi connectivity index (χ2v) is 10.0. The van der Waals surface area contributed by atoms with Crippen LogP contribution >= 0.6 is 0 Å². The number of aliphatic carboxylic acids is 1. The Bertz CT molecular complexity index is 1870. The number of aromatic hydroxyl groups is 1. The van der Waals surface area contributed by atoms with E-state index in [2.05, 4.69) is 0 Å². The molecule has 0 unspecified atom stereocenters. The molecule has 0 amide bonds. The van der Waals surface area contributed by atoms with Crippen molar-refractivity contribution in [1.29, 1.82) is 0 Å². The zero-order valence-corrected chi connectivity index (χ0v) is 23.5. The molecule has 0 bridgehead atoms. The molecule has 0 radical (unpaired) electrons. The van der Waals surface area contributed by atoms with Crippen molar-refractivity contribution < 1.29 is 38.8 Å². The van der Waals surface area contributed by atoms with Crippen LogP contribution in [0.4, 0.5) is 0 Å². The van der Waals surface area contributed by atoms with Gasteiger partial charge in [-0.15, -0.1) is 0 Å². The number of phenols is 1. The summed E-state index contributed by atoms with van der Waals surface area (Å²) < 4.78 is 18.0. The maximum atomic E-state index is 13.2. The van der Waals surface area contributed by atoms with Crippen molar-refractivity contribution in [2.75, 3.05) is 13.2 Å². The van der Waals surface area contributed by atoms with Crippen LogP contribution in [0, 0.1) is 0 Å². The lowest BCUT2D eigenvalue weighted by molar-refractivity contribution is -0.136. The van der Waals surface area contributed by atoms with Gasteiger partial charge in [0.1, 0.15) is 28.4 Å². The first-order valence-corrected chi connectivity index (χ1v) is 13.9. The minimum Gasteiger partial charge on any atom is -0.507 e. The number of hydrogen-bond donors (Lipinski definition) is 3. The largest absolute Gasteiger partial charge is 0.507 e. The van der Waals surface area contributed by atoms with Crippen LogP contribution in [0.3, 0.4) is 0 Å². The Labute approximate surface area is 246 Å². The molecule has 9 nitrogen and oxygen atoms in total. The fourth-order valence-electron chi connectivity index (χ4n) is 4.99. The van der Waals surface area contributed by atoms with Gasteiger partial charge in [0, 0.05) is 30.0 Å². The molecule has 4 aromatic carbocycles. The maximum absolute atomic E-state index is 13.2. The molecular formula is C34H30O9. The van der Waals surface area contributed by atoms with Crippen LogP contribution < -0.4 is 14.9 Å². The van der Waals surface area contributed by atoms with E-state index in [4.69, 9.17) is 13.9 Å². The van der Waals surface area contributed by atoms with Crippen molar-refractivity contribution in [2.24, 2.45) is 0 Å². The average Bonchev–Trinajstić information content (AvgIpc) is 3.00. The van der Waals surface area contributed by atoms with Gasteiger partial charge in [-0.05, 0) is 60.4 Å². The predicted molar refractivity (Wildman–Crippen MR) is 161 cm³/mol. The lowest BCUT2D eigenvalue weighted by Gasteiger charge is -2.16. The van der Waals surface area contributed by atoms with Crippen LogP contribution in [0.5, 0.6) is 17.2 Å². The molecule has 0 spiro atoms. The van der Waals surface area contributed by atoms with Gasteiger partial charge < -0.3 is 29.2 Å². The van der Waals surface area contributed by atoms with Gasteiger partial charge in [0.25, 0.3) is 0 Å². The van der Waals surface area contributed by atoms with Gasteiger partial charge in [-0.3, -0.25) is 9.59 Å². The van der Waals surface area contributed by atoms with E-state index in [9.17, 15) is 29.7 Å². The van der Waals surface area contributed by atoms with Crippen molar-refractivity contribution in [3.8, 4) is 28.4 Å². The van der Waals surface area contributed by atoms with E-state index in [0.29, 0.717) is 36.5 Å². The van der Waals surface area contributed by atoms with Crippen molar-refractivity contribution in [3.63, 3.8) is 0 Å². The monoisotopic (exact) mass is 582 g/mol. The molecular weight excluding hydrogens is 552 g/mol. The lowest BCUT2D eigenvalue weighted by atomic mass is 10.00. The second-order valence-electron chi connectivity index (χ2n) is 10.0. The molecule has 0 fully saturated rings. The van der Waals surface area contributed by atoms with Gasteiger partial charge in [0.15, 0.2) is 0 Å². The topological polar surface area (TPSA) is 144 Å². The summed E-state index contributed by atoms with van der Waals surface area (Å²) in [6.45, 7) is 2.56. The highest BCUT2D eigenvalue weighted by Crippen LogP contribution is 2.36. The number of carboxylic acid groups (broad SMARTS) is 2. The standard InChI is InChI=1S/C34H30O9/c1-2-20-17-25(21-7-4-3-5-8-21)27(35)19-30(20)42-16-6-15-41-28-13-10-24-32(38)26-18-22(34(39)40)9-12-29(26)43-33(24)23(28)11-14-31(36)37/h3-5,7-10,12-13,17-19,35H,2,6,11,14-16H2,1H3,(H,36,37)(H,39,40). The summed E-state index contributed by atoms with van der Waals surface area (Å²) >= 11 is 0. The number of carbonyl (C=O) groups is 2. The van der Waals surface area contributed by atoms with E-state index in [0.717, 1.165) is 16.7 Å². The SMILES string of the molecule is CCc1cc(-c2ccccc2)c(O)cc1OCCCOc1ccc2c(=O)c3cc(C(=O)O)ccc3oc2c1CCC(=O)O. The van der Waals surface area contributed by atoms with Crippen molar-refractivity contribution in [2.45, 2.75) is 32.6 Å². The number of phenolic OH excluding ortho intramolecular Hbond substituents is 1. The molecule has 0 aliphatic rings. The third-order valence-corrected chi connectivity index (χ3v) is 7.18. The van der Waals surface area contributed by atoms with Crippen LogP contribution in [0.2, 0.25) is 0 Å². The zero-order chi connectivity index (χ0) is 30.5. The van der Waals surface area contributed by atoms with Crippen molar-refractivity contribution >= 4 is 33.9 Å².